The van der Waals surface area contributed by atoms with Crippen LogP contribution < -0.4 is 10.1 Å². The number of ether oxygens (including phenoxy) is 3. The minimum Gasteiger partial charge on any atom is -0.484 e. The number of rotatable bonds is 6. The van der Waals surface area contributed by atoms with E-state index in [1.807, 2.05) is 19.1 Å². The molecule has 0 aliphatic rings. The fourth-order valence-corrected chi connectivity index (χ4v) is 2.22. The van der Waals surface area contributed by atoms with Gasteiger partial charge in [-0.05, 0) is 42.8 Å². The zero-order valence-corrected chi connectivity index (χ0v) is 14.7. The van der Waals surface area contributed by atoms with Crippen LogP contribution in [0.1, 0.15) is 26.3 Å². The standard InChI is InChI=1S/C19H19NO6/c1-12-5-4-6-14(9-12)26-11-17(21)20-16-10-13(18(22)24-2)7-8-15(16)19(23)25-3/h4-10H,11H2,1-3H3,(H,20,21). The van der Waals surface area contributed by atoms with Crippen molar-refractivity contribution >= 4 is 23.5 Å². The van der Waals surface area contributed by atoms with Gasteiger partial charge in [0, 0.05) is 0 Å². The average molecular weight is 357 g/mol. The molecule has 0 unspecified atom stereocenters. The highest BCUT2D eigenvalue weighted by molar-refractivity contribution is 6.03. The Morgan fingerprint density at radius 2 is 1.69 bits per heavy atom. The van der Waals surface area contributed by atoms with Gasteiger partial charge in [-0.25, -0.2) is 9.59 Å². The van der Waals surface area contributed by atoms with E-state index >= 15 is 0 Å². The zero-order valence-electron chi connectivity index (χ0n) is 14.7. The Morgan fingerprint density at radius 3 is 2.35 bits per heavy atom. The number of benzene rings is 2. The first kappa shape index (κ1) is 19.0. The van der Waals surface area contributed by atoms with Gasteiger partial charge in [0.1, 0.15) is 5.75 Å². The predicted molar refractivity (Wildman–Crippen MR) is 94.4 cm³/mol. The summed E-state index contributed by atoms with van der Waals surface area (Å²) in [6, 6.07) is 11.4. The average Bonchev–Trinajstić information content (AvgIpc) is 2.65. The molecule has 0 spiro atoms. The highest BCUT2D eigenvalue weighted by atomic mass is 16.5. The van der Waals surface area contributed by atoms with Crippen LogP contribution >= 0.6 is 0 Å². The van der Waals surface area contributed by atoms with Crippen molar-refractivity contribution < 1.29 is 28.6 Å². The Hall–Kier alpha value is -3.35. The fourth-order valence-electron chi connectivity index (χ4n) is 2.22. The molecule has 0 aromatic heterocycles. The van der Waals surface area contributed by atoms with Gasteiger partial charge >= 0.3 is 11.9 Å². The molecule has 0 heterocycles. The first-order valence-corrected chi connectivity index (χ1v) is 7.74. The summed E-state index contributed by atoms with van der Waals surface area (Å²) >= 11 is 0. The van der Waals surface area contributed by atoms with Gasteiger partial charge in [-0.2, -0.15) is 0 Å². The summed E-state index contributed by atoms with van der Waals surface area (Å²) in [6.45, 7) is 1.65. The van der Waals surface area contributed by atoms with Gasteiger partial charge in [0.2, 0.25) is 0 Å². The van der Waals surface area contributed by atoms with Crippen molar-refractivity contribution in [3.63, 3.8) is 0 Å². The largest absolute Gasteiger partial charge is 0.484 e. The van der Waals surface area contributed by atoms with Crippen LogP contribution in [-0.4, -0.2) is 38.7 Å². The van der Waals surface area contributed by atoms with Crippen LogP contribution in [0.25, 0.3) is 0 Å². The van der Waals surface area contributed by atoms with E-state index in [1.54, 1.807) is 12.1 Å². The normalized spacial score (nSPS) is 9.96. The molecule has 0 aliphatic carbocycles. The highest BCUT2D eigenvalue weighted by Crippen LogP contribution is 2.20. The number of methoxy groups -OCH3 is 2. The topological polar surface area (TPSA) is 90.9 Å². The van der Waals surface area contributed by atoms with E-state index in [0.717, 1.165) is 5.56 Å². The molecule has 7 nitrogen and oxygen atoms in total. The van der Waals surface area contributed by atoms with Gasteiger partial charge in [0.15, 0.2) is 6.61 Å². The maximum Gasteiger partial charge on any atom is 0.339 e. The summed E-state index contributed by atoms with van der Waals surface area (Å²) in [6.07, 6.45) is 0. The van der Waals surface area contributed by atoms with Gasteiger partial charge in [-0.3, -0.25) is 4.79 Å². The van der Waals surface area contributed by atoms with Crippen molar-refractivity contribution in [3.05, 3.63) is 59.2 Å². The third kappa shape index (κ3) is 4.83. The Morgan fingerprint density at radius 1 is 0.962 bits per heavy atom. The van der Waals surface area contributed by atoms with Gasteiger partial charge in [0.25, 0.3) is 5.91 Å². The molecule has 2 aromatic rings. The molecule has 26 heavy (non-hydrogen) atoms. The van der Waals surface area contributed by atoms with E-state index in [4.69, 9.17) is 4.74 Å². The lowest BCUT2D eigenvalue weighted by atomic mass is 10.1. The second-order valence-electron chi connectivity index (χ2n) is 5.40. The Balaban J connectivity index is 2.15. The molecular formula is C19H19NO6. The number of carbonyl (C=O) groups excluding carboxylic acids is 3. The predicted octanol–water partition coefficient (Wildman–Crippen LogP) is 2.59. The van der Waals surface area contributed by atoms with Gasteiger partial charge in [0.05, 0.1) is 31.0 Å². The molecule has 1 amide bonds. The Kier molecular flexibility index (Phi) is 6.32. The van der Waals surface area contributed by atoms with E-state index in [9.17, 15) is 14.4 Å². The highest BCUT2D eigenvalue weighted by Gasteiger charge is 2.17. The van der Waals surface area contributed by atoms with E-state index in [2.05, 4.69) is 14.8 Å². The molecule has 0 radical (unpaired) electrons. The summed E-state index contributed by atoms with van der Waals surface area (Å²) in [7, 11) is 2.47. The lowest BCUT2D eigenvalue weighted by Gasteiger charge is -2.12. The summed E-state index contributed by atoms with van der Waals surface area (Å²) < 4.78 is 14.8. The Bertz CT molecular complexity index is 831. The van der Waals surface area contributed by atoms with Crippen LogP contribution in [0.15, 0.2) is 42.5 Å². The number of carbonyl (C=O) groups is 3. The summed E-state index contributed by atoms with van der Waals surface area (Å²) in [5.41, 5.74) is 1.44. The van der Waals surface area contributed by atoms with Gasteiger partial charge in [-0.1, -0.05) is 12.1 Å². The molecule has 2 rings (SSSR count). The monoisotopic (exact) mass is 357 g/mol. The number of hydrogen-bond donors (Lipinski definition) is 1. The molecular weight excluding hydrogens is 338 g/mol. The summed E-state index contributed by atoms with van der Waals surface area (Å²) in [5.74, 6) is -1.17. The minimum absolute atomic E-state index is 0.115. The maximum absolute atomic E-state index is 12.2. The second kappa shape index (κ2) is 8.66. The van der Waals surface area contributed by atoms with Crippen molar-refractivity contribution in [1.82, 2.24) is 0 Å². The molecule has 0 saturated carbocycles. The smallest absolute Gasteiger partial charge is 0.339 e. The number of anilines is 1. The molecule has 2 aromatic carbocycles. The van der Waals surface area contributed by atoms with E-state index in [-0.39, 0.29) is 23.4 Å². The van der Waals surface area contributed by atoms with Crippen molar-refractivity contribution in [1.29, 1.82) is 0 Å². The molecule has 0 bridgehead atoms. The van der Waals surface area contributed by atoms with Crippen LogP contribution in [0.5, 0.6) is 5.75 Å². The number of esters is 2. The first-order chi connectivity index (χ1) is 12.4. The van der Waals surface area contributed by atoms with E-state index in [1.165, 1.54) is 32.4 Å². The molecule has 0 fully saturated rings. The van der Waals surface area contributed by atoms with Crippen molar-refractivity contribution in [2.75, 3.05) is 26.1 Å². The van der Waals surface area contributed by atoms with Crippen LogP contribution in [-0.2, 0) is 14.3 Å². The lowest BCUT2D eigenvalue weighted by molar-refractivity contribution is -0.118. The molecule has 0 saturated heterocycles. The fraction of sp³-hybridized carbons (Fsp3) is 0.211. The molecule has 0 atom stereocenters. The summed E-state index contributed by atoms with van der Waals surface area (Å²) in [4.78, 5) is 35.7. The van der Waals surface area contributed by atoms with Gasteiger partial charge < -0.3 is 19.5 Å². The Labute approximate surface area is 150 Å². The number of aryl methyl sites for hydroxylation is 1. The van der Waals surface area contributed by atoms with E-state index < -0.39 is 17.8 Å². The molecule has 1 N–H and O–H groups in total. The van der Waals surface area contributed by atoms with E-state index in [0.29, 0.717) is 5.75 Å². The third-order valence-electron chi connectivity index (χ3n) is 3.48. The van der Waals surface area contributed by atoms with Crippen LogP contribution in [0.2, 0.25) is 0 Å². The van der Waals surface area contributed by atoms with Gasteiger partial charge in [-0.15, -0.1) is 0 Å². The molecule has 136 valence electrons. The maximum atomic E-state index is 12.2. The van der Waals surface area contributed by atoms with Crippen LogP contribution in [0, 0.1) is 6.92 Å². The quantitative estimate of drug-likeness (QED) is 0.799. The van der Waals surface area contributed by atoms with Crippen LogP contribution in [0.4, 0.5) is 5.69 Å². The van der Waals surface area contributed by atoms with Crippen molar-refractivity contribution in [2.24, 2.45) is 0 Å². The SMILES string of the molecule is COC(=O)c1ccc(C(=O)OC)c(NC(=O)COc2cccc(C)c2)c1. The molecule has 7 heteroatoms. The van der Waals surface area contributed by atoms with Crippen molar-refractivity contribution in [2.45, 2.75) is 6.92 Å². The summed E-state index contributed by atoms with van der Waals surface area (Å²) in [5, 5.41) is 2.56. The molecule has 0 aliphatic heterocycles. The minimum atomic E-state index is -0.642. The zero-order chi connectivity index (χ0) is 19.1. The van der Waals surface area contributed by atoms with Crippen LogP contribution in [0.3, 0.4) is 0 Å². The lowest BCUT2D eigenvalue weighted by Crippen LogP contribution is -2.22. The first-order valence-electron chi connectivity index (χ1n) is 7.74. The third-order valence-corrected chi connectivity index (χ3v) is 3.48. The van der Waals surface area contributed by atoms with Crippen molar-refractivity contribution in [3.8, 4) is 5.75 Å². The number of nitrogens with one attached hydrogen (secondary N) is 1. The number of amides is 1. The number of hydrogen-bond acceptors (Lipinski definition) is 6. The second-order valence-corrected chi connectivity index (χ2v) is 5.40.